The van der Waals surface area contributed by atoms with E-state index < -0.39 is 34.6 Å². The Hall–Kier alpha value is -2.72. The molecule has 2 fully saturated rings. The summed E-state index contributed by atoms with van der Waals surface area (Å²) in [5.41, 5.74) is 0.524. The zero-order valence-electron chi connectivity index (χ0n) is 17.5. The number of carbonyl (C=O) groups is 2. The van der Waals surface area contributed by atoms with Crippen molar-refractivity contribution in [3.05, 3.63) is 46.2 Å². The molecule has 2 aliphatic heterocycles. The van der Waals surface area contributed by atoms with Crippen molar-refractivity contribution in [2.24, 2.45) is 0 Å². The monoisotopic (exact) mass is 467 g/mol. The molecule has 2 aliphatic rings. The van der Waals surface area contributed by atoms with Crippen molar-refractivity contribution in [3.63, 3.8) is 0 Å². The van der Waals surface area contributed by atoms with Gasteiger partial charge in [0.1, 0.15) is 0 Å². The summed E-state index contributed by atoms with van der Waals surface area (Å²) < 4.78 is 39.6. The van der Waals surface area contributed by atoms with Crippen molar-refractivity contribution in [2.45, 2.75) is 32.5 Å². The number of aryl methyl sites for hydroxylation is 2. The largest absolute Gasteiger partial charge is 0.417 e. The third-order valence-corrected chi connectivity index (χ3v) is 5.97. The summed E-state index contributed by atoms with van der Waals surface area (Å²) in [5.74, 6) is -0.435. The van der Waals surface area contributed by atoms with Gasteiger partial charge in [-0.15, -0.1) is 0 Å². The highest BCUT2D eigenvalue weighted by Gasteiger charge is 2.44. The number of hydrogen-bond acceptors (Lipinski definition) is 6. The Kier molecular flexibility index (Phi) is 5.85. The number of halogens is 4. The van der Waals surface area contributed by atoms with E-state index in [1.54, 1.807) is 0 Å². The first-order valence-electron chi connectivity index (χ1n) is 10.1. The van der Waals surface area contributed by atoms with Gasteiger partial charge in [0, 0.05) is 37.6 Å². The van der Waals surface area contributed by atoms with Crippen molar-refractivity contribution < 1.29 is 22.8 Å². The predicted octanol–water partition coefficient (Wildman–Crippen LogP) is 3.22. The summed E-state index contributed by atoms with van der Waals surface area (Å²) in [6.07, 6.45) is -4.77. The highest BCUT2D eigenvalue weighted by molar-refractivity contribution is 6.31. The van der Waals surface area contributed by atoms with Crippen LogP contribution in [0, 0.1) is 13.8 Å². The Morgan fingerprint density at radius 2 is 1.62 bits per heavy atom. The summed E-state index contributed by atoms with van der Waals surface area (Å²) in [6.45, 7) is 5.93. The fourth-order valence-electron chi connectivity index (χ4n) is 4.12. The van der Waals surface area contributed by atoms with Gasteiger partial charge >= 0.3 is 6.18 Å². The SMILES string of the molecule is Cc1cc(C)nc(N2CCN([C@H]3CC(=O)N(c4ccc(Cl)c(C(F)(F)F)c4)C3=O)CC2)n1. The zero-order chi connectivity index (χ0) is 23.2. The van der Waals surface area contributed by atoms with Crippen molar-refractivity contribution in [1.82, 2.24) is 14.9 Å². The van der Waals surface area contributed by atoms with Gasteiger partial charge in [0.25, 0.3) is 5.91 Å². The lowest BCUT2D eigenvalue weighted by molar-refractivity contribution is -0.137. The van der Waals surface area contributed by atoms with Gasteiger partial charge in [0.2, 0.25) is 11.9 Å². The van der Waals surface area contributed by atoms with Crippen LogP contribution in [0.4, 0.5) is 24.8 Å². The van der Waals surface area contributed by atoms with Crippen LogP contribution in [-0.2, 0) is 15.8 Å². The van der Waals surface area contributed by atoms with E-state index >= 15 is 0 Å². The second-order valence-corrected chi connectivity index (χ2v) is 8.33. The van der Waals surface area contributed by atoms with Gasteiger partial charge in [-0.2, -0.15) is 13.2 Å². The van der Waals surface area contributed by atoms with Crippen LogP contribution in [-0.4, -0.2) is 58.9 Å². The molecule has 0 bridgehead atoms. The number of imide groups is 1. The minimum absolute atomic E-state index is 0.0805. The Labute approximate surface area is 187 Å². The number of aromatic nitrogens is 2. The average Bonchev–Trinajstić information content (AvgIpc) is 3.01. The third kappa shape index (κ3) is 4.29. The molecule has 11 heteroatoms. The molecule has 1 aromatic heterocycles. The summed E-state index contributed by atoms with van der Waals surface area (Å²) in [5, 5.41) is -0.485. The van der Waals surface area contributed by atoms with E-state index in [1.807, 2.05) is 29.7 Å². The maximum absolute atomic E-state index is 13.2. The van der Waals surface area contributed by atoms with Crippen molar-refractivity contribution in [2.75, 3.05) is 36.0 Å². The summed E-state index contributed by atoms with van der Waals surface area (Å²) in [4.78, 5) is 39.2. The standard InChI is InChI=1S/C21H21ClF3N5O2/c1-12-9-13(2)27-20(26-12)29-7-5-28(6-8-29)17-11-18(31)30(19(17)32)14-3-4-16(22)15(10-14)21(23,24)25/h3-4,9-10,17H,5-8,11H2,1-2H3/t17-/m0/s1. The predicted molar refractivity (Wildman–Crippen MR) is 113 cm³/mol. The van der Waals surface area contributed by atoms with Crippen LogP contribution < -0.4 is 9.80 Å². The number of carbonyl (C=O) groups excluding carboxylic acids is 2. The highest BCUT2D eigenvalue weighted by Crippen LogP contribution is 2.38. The number of amides is 2. The van der Waals surface area contributed by atoms with Crippen LogP contribution in [0.2, 0.25) is 5.02 Å². The molecule has 0 spiro atoms. The number of alkyl halides is 3. The van der Waals surface area contributed by atoms with E-state index in [1.165, 1.54) is 6.07 Å². The van der Waals surface area contributed by atoms with Crippen LogP contribution in [0.3, 0.4) is 0 Å². The van der Waals surface area contributed by atoms with Crippen molar-refractivity contribution >= 4 is 35.1 Å². The van der Waals surface area contributed by atoms with E-state index in [-0.39, 0.29) is 12.1 Å². The molecular formula is C21H21ClF3N5O2. The lowest BCUT2D eigenvalue weighted by atomic mass is 10.1. The van der Waals surface area contributed by atoms with Gasteiger partial charge in [0.05, 0.1) is 28.7 Å². The molecule has 0 N–H and O–H groups in total. The second kappa shape index (κ2) is 8.32. The summed E-state index contributed by atoms with van der Waals surface area (Å²) >= 11 is 5.66. The van der Waals surface area contributed by atoms with Crippen LogP contribution in [0.25, 0.3) is 0 Å². The van der Waals surface area contributed by atoms with Gasteiger partial charge in [-0.05, 0) is 38.1 Å². The fourth-order valence-corrected chi connectivity index (χ4v) is 4.35. The number of hydrogen-bond donors (Lipinski definition) is 0. The summed E-state index contributed by atoms with van der Waals surface area (Å²) in [7, 11) is 0. The van der Waals surface area contributed by atoms with Crippen LogP contribution in [0.1, 0.15) is 23.4 Å². The Morgan fingerprint density at radius 3 is 2.22 bits per heavy atom. The molecule has 32 heavy (non-hydrogen) atoms. The molecule has 0 saturated carbocycles. The van der Waals surface area contributed by atoms with Crippen LogP contribution in [0.5, 0.6) is 0 Å². The first-order valence-corrected chi connectivity index (χ1v) is 10.5. The van der Waals surface area contributed by atoms with E-state index in [0.29, 0.717) is 32.1 Å². The molecule has 3 heterocycles. The number of anilines is 2. The first kappa shape index (κ1) is 22.5. The number of nitrogens with zero attached hydrogens (tertiary/aromatic N) is 5. The van der Waals surface area contributed by atoms with Crippen LogP contribution in [0.15, 0.2) is 24.3 Å². The molecule has 0 radical (unpaired) electrons. The maximum atomic E-state index is 13.2. The van der Waals surface area contributed by atoms with Crippen molar-refractivity contribution in [1.29, 1.82) is 0 Å². The molecule has 4 rings (SSSR count). The second-order valence-electron chi connectivity index (χ2n) is 7.92. The summed E-state index contributed by atoms with van der Waals surface area (Å²) in [6, 6.07) is 4.23. The topological polar surface area (TPSA) is 69.6 Å². The van der Waals surface area contributed by atoms with Gasteiger partial charge in [-0.25, -0.2) is 14.9 Å². The smallest absolute Gasteiger partial charge is 0.338 e. The minimum atomic E-state index is -4.69. The molecule has 2 saturated heterocycles. The average molecular weight is 468 g/mol. The lowest BCUT2D eigenvalue weighted by Gasteiger charge is -2.37. The number of rotatable bonds is 3. The molecule has 7 nitrogen and oxygen atoms in total. The quantitative estimate of drug-likeness (QED) is 0.646. The van der Waals surface area contributed by atoms with Gasteiger partial charge in [-0.3, -0.25) is 14.5 Å². The van der Waals surface area contributed by atoms with Crippen molar-refractivity contribution in [3.8, 4) is 0 Å². The molecular weight excluding hydrogens is 447 g/mol. The molecule has 1 aromatic carbocycles. The Balaban J connectivity index is 1.48. The Morgan fingerprint density at radius 1 is 1.00 bits per heavy atom. The van der Waals surface area contributed by atoms with E-state index in [4.69, 9.17) is 11.6 Å². The van der Waals surface area contributed by atoms with Gasteiger partial charge in [0.15, 0.2) is 0 Å². The molecule has 2 amide bonds. The molecule has 0 aliphatic carbocycles. The third-order valence-electron chi connectivity index (χ3n) is 5.64. The van der Waals surface area contributed by atoms with E-state index in [9.17, 15) is 22.8 Å². The van der Waals surface area contributed by atoms with Gasteiger partial charge in [-0.1, -0.05) is 11.6 Å². The fraction of sp³-hybridized carbons (Fsp3) is 0.429. The molecule has 170 valence electrons. The highest BCUT2D eigenvalue weighted by atomic mass is 35.5. The minimum Gasteiger partial charge on any atom is -0.338 e. The molecule has 2 aromatic rings. The van der Waals surface area contributed by atoms with Crippen LogP contribution >= 0.6 is 11.6 Å². The van der Waals surface area contributed by atoms with E-state index in [0.717, 1.165) is 28.4 Å². The molecule has 0 unspecified atom stereocenters. The zero-order valence-corrected chi connectivity index (χ0v) is 18.2. The normalized spacial score (nSPS) is 20.4. The number of piperazine rings is 1. The number of benzene rings is 1. The molecule has 1 atom stereocenters. The van der Waals surface area contributed by atoms with E-state index in [2.05, 4.69) is 9.97 Å². The first-order chi connectivity index (χ1) is 15.0. The van der Waals surface area contributed by atoms with Gasteiger partial charge < -0.3 is 4.90 Å². The maximum Gasteiger partial charge on any atom is 0.417 e. The Bertz CT molecular complexity index is 1050. The lowest BCUT2D eigenvalue weighted by Crippen LogP contribution is -2.53.